The van der Waals surface area contributed by atoms with Gasteiger partial charge in [-0.1, -0.05) is 24.3 Å². The van der Waals surface area contributed by atoms with Gasteiger partial charge in [-0.05, 0) is 44.2 Å². The monoisotopic (exact) mass is 269 g/mol. The average Bonchev–Trinajstić information content (AvgIpc) is 2.90. The summed E-state index contributed by atoms with van der Waals surface area (Å²) in [6.45, 7) is 5.36. The van der Waals surface area contributed by atoms with E-state index in [4.69, 9.17) is 0 Å². The third-order valence-corrected chi connectivity index (χ3v) is 4.32. The Kier molecular flexibility index (Phi) is 3.88. The predicted molar refractivity (Wildman–Crippen MR) is 81.7 cm³/mol. The highest BCUT2D eigenvalue weighted by Gasteiger charge is 2.22. The number of piperidine rings is 1. The molecule has 20 heavy (non-hydrogen) atoms. The number of aryl methyl sites for hydroxylation is 1. The molecule has 0 spiro atoms. The van der Waals surface area contributed by atoms with Gasteiger partial charge in [0.05, 0.1) is 12.0 Å². The third-order valence-electron chi connectivity index (χ3n) is 4.32. The Morgan fingerprint density at radius 2 is 2.15 bits per heavy atom. The van der Waals surface area contributed by atoms with E-state index in [2.05, 4.69) is 53.0 Å². The molecule has 106 valence electrons. The molecule has 0 aliphatic carbocycles. The summed E-state index contributed by atoms with van der Waals surface area (Å²) in [4.78, 5) is 4.37. The lowest BCUT2D eigenvalue weighted by atomic mass is 9.97. The number of imidazole rings is 1. The van der Waals surface area contributed by atoms with Crippen molar-refractivity contribution in [2.24, 2.45) is 0 Å². The fourth-order valence-corrected chi connectivity index (χ4v) is 3.10. The Bertz CT molecular complexity index is 573. The molecule has 1 saturated heterocycles. The van der Waals surface area contributed by atoms with Crippen LogP contribution in [0.25, 0.3) is 0 Å². The first-order valence-corrected chi connectivity index (χ1v) is 7.54. The van der Waals surface area contributed by atoms with Gasteiger partial charge < -0.3 is 9.88 Å². The van der Waals surface area contributed by atoms with Crippen LogP contribution in [-0.4, -0.2) is 15.6 Å². The number of nitrogens with one attached hydrogen (secondary N) is 1. The molecule has 1 aromatic carbocycles. The molecule has 3 rings (SSSR count). The molecule has 1 aliphatic heterocycles. The number of hydrogen-bond donors (Lipinski definition) is 1. The quantitative estimate of drug-likeness (QED) is 0.925. The Balaban J connectivity index is 1.81. The zero-order chi connectivity index (χ0) is 13.9. The highest BCUT2D eigenvalue weighted by molar-refractivity contribution is 5.26. The molecule has 1 aliphatic rings. The predicted octanol–water partition coefficient (Wildman–Crippen LogP) is 3.44. The second-order valence-electron chi connectivity index (χ2n) is 5.92. The van der Waals surface area contributed by atoms with Crippen LogP contribution in [-0.2, 0) is 6.54 Å². The van der Waals surface area contributed by atoms with E-state index in [1.807, 2.05) is 12.5 Å². The molecule has 2 unspecified atom stereocenters. The summed E-state index contributed by atoms with van der Waals surface area (Å²) in [5.74, 6) is 0. The van der Waals surface area contributed by atoms with Crippen LogP contribution in [0.3, 0.4) is 0 Å². The molecule has 1 aromatic heterocycles. The summed E-state index contributed by atoms with van der Waals surface area (Å²) in [6, 6.07) is 9.64. The molecule has 2 aromatic rings. The second kappa shape index (κ2) is 5.80. The van der Waals surface area contributed by atoms with Gasteiger partial charge in [0.25, 0.3) is 0 Å². The van der Waals surface area contributed by atoms with Crippen LogP contribution in [0.5, 0.6) is 0 Å². The number of rotatable bonds is 3. The number of benzene rings is 1. The van der Waals surface area contributed by atoms with Crippen LogP contribution in [0, 0.1) is 6.92 Å². The van der Waals surface area contributed by atoms with E-state index >= 15 is 0 Å². The van der Waals surface area contributed by atoms with Crippen molar-refractivity contribution in [3.8, 4) is 0 Å². The minimum absolute atomic E-state index is 0.449. The van der Waals surface area contributed by atoms with E-state index in [0.717, 1.165) is 6.54 Å². The maximum absolute atomic E-state index is 4.37. The summed E-state index contributed by atoms with van der Waals surface area (Å²) in [7, 11) is 0. The Morgan fingerprint density at radius 3 is 2.95 bits per heavy atom. The van der Waals surface area contributed by atoms with Crippen LogP contribution in [0.2, 0.25) is 0 Å². The Labute approximate surface area is 121 Å². The van der Waals surface area contributed by atoms with Crippen LogP contribution in [0.15, 0.2) is 36.8 Å². The van der Waals surface area contributed by atoms with Gasteiger partial charge in [0.2, 0.25) is 0 Å². The summed E-state index contributed by atoms with van der Waals surface area (Å²) >= 11 is 0. The van der Waals surface area contributed by atoms with Crippen molar-refractivity contribution in [3.05, 3.63) is 53.6 Å². The average molecular weight is 269 g/mol. The van der Waals surface area contributed by atoms with Gasteiger partial charge in [0.15, 0.2) is 0 Å². The molecule has 0 radical (unpaired) electrons. The maximum atomic E-state index is 4.37. The minimum atomic E-state index is 0.449. The molecule has 1 N–H and O–H groups in total. The molecule has 3 heteroatoms. The van der Waals surface area contributed by atoms with Crippen molar-refractivity contribution in [2.45, 2.75) is 51.7 Å². The van der Waals surface area contributed by atoms with E-state index in [9.17, 15) is 0 Å². The molecule has 0 bridgehead atoms. The summed E-state index contributed by atoms with van der Waals surface area (Å²) in [5.41, 5.74) is 4.03. The fraction of sp³-hybridized carbons (Fsp3) is 0.471. The van der Waals surface area contributed by atoms with Crippen LogP contribution >= 0.6 is 0 Å². The van der Waals surface area contributed by atoms with Crippen molar-refractivity contribution in [3.63, 3.8) is 0 Å². The highest BCUT2D eigenvalue weighted by atomic mass is 15.1. The molecule has 2 heterocycles. The molecular formula is C17H23N3. The highest BCUT2D eigenvalue weighted by Crippen LogP contribution is 2.26. The Morgan fingerprint density at radius 1 is 1.30 bits per heavy atom. The molecule has 0 amide bonds. The van der Waals surface area contributed by atoms with E-state index < -0.39 is 0 Å². The first-order chi connectivity index (χ1) is 9.74. The lowest BCUT2D eigenvalue weighted by Crippen LogP contribution is -2.35. The molecule has 3 nitrogen and oxygen atoms in total. The van der Waals surface area contributed by atoms with Crippen molar-refractivity contribution >= 4 is 0 Å². The summed E-state index contributed by atoms with van der Waals surface area (Å²) in [6.07, 6.45) is 7.78. The lowest BCUT2D eigenvalue weighted by Gasteiger charge is -2.29. The maximum Gasteiger partial charge on any atom is 0.0951 e. The standard InChI is InChI=1S/C17H23N3/c1-13-6-3-4-8-15(13)11-20-12-18-10-17(20)16-9-5-7-14(2)19-16/h3-4,6,8,10,12,14,16,19H,5,7,9,11H2,1-2H3. The van der Waals surface area contributed by atoms with Crippen molar-refractivity contribution in [2.75, 3.05) is 0 Å². The number of aromatic nitrogens is 2. The molecule has 2 atom stereocenters. The first-order valence-electron chi connectivity index (χ1n) is 7.54. The topological polar surface area (TPSA) is 29.9 Å². The van der Waals surface area contributed by atoms with E-state index in [0.29, 0.717) is 12.1 Å². The van der Waals surface area contributed by atoms with E-state index in [1.54, 1.807) is 0 Å². The van der Waals surface area contributed by atoms with Crippen LogP contribution in [0.1, 0.15) is 49.0 Å². The largest absolute Gasteiger partial charge is 0.329 e. The van der Waals surface area contributed by atoms with Gasteiger partial charge in [-0.2, -0.15) is 0 Å². The van der Waals surface area contributed by atoms with E-state index in [-0.39, 0.29) is 0 Å². The molecule has 0 saturated carbocycles. The van der Waals surface area contributed by atoms with Crippen LogP contribution in [0.4, 0.5) is 0 Å². The van der Waals surface area contributed by atoms with Gasteiger partial charge in [-0.15, -0.1) is 0 Å². The zero-order valence-electron chi connectivity index (χ0n) is 12.3. The molecule has 1 fully saturated rings. The van der Waals surface area contributed by atoms with Gasteiger partial charge in [0, 0.05) is 24.8 Å². The van der Waals surface area contributed by atoms with Gasteiger partial charge in [0.1, 0.15) is 0 Å². The lowest BCUT2D eigenvalue weighted by molar-refractivity contribution is 0.330. The zero-order valence-corrected chi connectivity index (χ0v) is 12.3. The fourth-order valence-electron chi connectivity index (χ4n) is 3.10. The van der Waals surface area contributed by atoms with Gasteiger partial charge in [-0.3, -0.25) is 0 Å². The molecular weight excluding hydrogens is 246 g/mol. The second-order valence-corrected chi connectivity index (χ2v) is 5.92. The SMILES string of the molecule is Cc1ccccc1Cn1cncc1C1CCCC(C)N1. The van der Waals surface area contributed by atoms with Crippen molar-refractivity contribution < 1.29 is 0 Å². The van der Waals surface area contributed by atoms with Crippen molar-refractivity contribution in [1.82, 2.24) is 14.9 Å². The Hall–Kier alpha value is -1.61. The minimum Gasteiger partial charge on any atom is -0.329 e. The third kappa shape index (κ3) is 2.78. The van der Waals surface area contributed by atoms with Crippen LogP contribution < -0.4 is 5.32 Å². The van der Waals surface area contributed by atoms with Crippen molar-refractivity contribution in [1.29, 1.82) is 0 Å². The first kappa shape index (κ1) is 13.4. The van der Waals surface area contributed by atoms with Gasteiger partial charge >= 0.3 is 0 Å². The van der Waals surface area contributed by atoms with E-state index in [1.165, 1.54) is 36.1 Å². The van der Waals surface area contributed by atoms with Gasteiger partial charge in [-0.25, -0.2) is 4.98 Å². The number of hydrogen-bond acceptors (Lipinski definition) is 2. The smallest absolute Gasteiger partial charge is 0.0951 e. The normalized spacial score (nSPS) is 22.9. The summed E-state index contributed by atoms with van der Waals surface area (Å²) in [5, 5.41) is 3.70. The summed E-state index contributed by atoms with van der Waals surface area (Å²) < 4.78 is 2.29. The number of nitrogens with zero attached hydrogens (tertiary/aromatic N) is 2.